The van der Waals surface area contributed by atoms with E-state index in [-0.39, 0.29) is 18.3 Å². The maximum absolute atomic E-state index is 13.9. The molecule has 0 aliphatic carbocycles. The summed E-state index contributed by atoms with van der Waals surface area (Å²) >= 11 is 5.40. The number of halogens is 1. The molecule has 0 aromatic heterocycles. The topological polar surface area (TPSA) is 50.8 Å². The number of hydrogen-bond acceptors (Lipinski definition) is 4. The van der Waals surface area contributed by atoms with E-state index in [2.05, 4.69) is 5.32 Å². The zero-order chi connectivity index (χ0) is 22.7. The highest BCUT2D eigenvalue weighted by Crippen LogP contribution is 2.27. The fraction of sp³-hybridized carbons (Fsp3) is 0.120. The number of methoxy groups -OCH3 is 1. The van der Waals surface area contributed by atoms with Crippen LogP contribution in [0.25, 0.3) is 6.08 Å². The average molecular weight is 449 g/mol. The van der Waals surface area contributed by atoms with Gasteiger partial charge in [0.25, 0.3) is 5.91 Å². The molecule has 32 heavy (non-hydrogen) atoms. The van der Waals surface area contributed by atoms with Crippen LogP contribution in [0.2, 0.25) is 0 Å². The maximum Gasteiger partial charge on any atom is 0.281 e. The number of anilines is 1. The molecule has 5 nitrogen and oxygen atoms in total. The summed E-state index contributed by atoms with van der Waals surface area (Å²) in [5.74, 6) is 0.0935. The molecule has 1 N–H and O–H groups in total. The molecule has 1 aliphatic rings. The second kappa shape index (κ2) is 9.20. The molecule has 3 aromatic carbocycles. The predicted octanol–water partition coefficient (Wildman–Crippen LogP) is 4.98. The number of nitrogens with one attached hydrogen (secondary N) is 1. The second-order valence-electron chi connectivity index (χ2n) is 7.21. The molecule has 0 atom stereocenters. The predicted molar refractivity (Wildman–Crippen MR) is 126 cm³/mol. The van der Waals surface area contributed by atoms with Crippen LogP contribution < -0.4 is 19.7 Å². The van der Waals surface area contributed by atoms with E-state index in [0.29, 0.717) is 22.1 Å². The van der Waals surface area contributed by atoms with Gasteiger partial charge < -0.3 is 14.8 Å². The van der Waals surface area contributed by atoms with Gasteiger partial charge in [-0.2, -0.15) is 0 Å². The molecule has 3 aromatic rings. The summed E-state index contributed by atoms with van der Waals surface area (Å²) in [6.45, 7) is 2.04. The van der Waals surface area contributed by atoms with E-state index in [0.717, 1.165) is 16.8 Å². The minimum absolute atomic E-state index is 0.107. The van der Waals surface area contributed by atoms with E-state index in [9.17, 15) is 9.18 Å². The number of ether oxygens (including phenoxy) is 2. The minimum atomic E-state index is -0.435. The summed E-state index contributed by atoms with van der Waals surface area (Å²) in [6.07, 6.45) is 1.72. The molecule has 1 heterocycles. The van der Waals surface area contributed by atoms with Gasteiger partial charge in [-0.3, -0.25) is 9.69 Å². The third-order valence-corrected chi connectivity index (χ3v) is 5.35. The third kappa shape index (κ3) is 4.33. The first-order valence-electron chi connectivity index (χ1n) is 9.95. The number of thiocarbonyl (C=S) groups is 1. The lowest BCUT2D eigenvalue weighted by Gasteiger charge is -2.16. The number of aryl methyl sites for hydroxylation is 1. The van der Waals surface area contributed by atoms with Crippen LogP contribution in [-0.2, 0) is 11.4 Å². The highest BCUT2D eigenvalue weighted by atomic mass is 32.1. The van der Waals surface area contributed by atoms with Gasteiger partial charge >= 0.3 is 0 Å². The molecule has 1 saturated heterocycles. The molecule has 0 bridgehead atoms. The maximum atomic E-state index is 13.9. The van der Waals surface area contributed by atoms with E-state index >= 15 is 0 Å². The first kappa shape index (κ1) is 21.5. The minimum Gasteiger partial charge on any atom is -0.496 e. The van der Waals surface area contributed by atoms with Crippen molar-refractivity contribution in [2.45, 2.75) is 13.5 Å². The molecule has 7 heteroatoms. The molecular weight excluding hydrogens is 427 g/mol. The van der Waals surface area contributed by atoms with Gasteiger partial charge in [0.2, 0.25) is 0 Å². The standard InChI is InChI=1S/C25H21FN2O3S/c1-16-7-3-5-9-21(16)28-24(29)20(27-25(28)32)14-17-11-12-22(30-2)18(13-17)15-31-23-10-6-4-8-19(23)26/h3-14H,15H2,1-2H3,(H,27,32)/b20-14+. The Morgan fingerprint density at radius 2 is 1.81 bits per heavy atom. The zero-order valence-electron chi connectivity index (χ0n) is 17.6. The van der Waals surface area contributed by atoms with Crippen LogP contribution in [0.5, 0.6) is 11.5 Å². The number of amides is 1. The Bertz CT molecular complexity index is 1230. The van der Waals surface area contributed by atoms with Gasteiger partial charge in [-0.05, 0) is 66.7 Å². The molecule has 1 amide bonds. The summed E-state index contributed by atoms with van der Waals surface area (Å²) in [4.78, 5) is 14.5. The molecule has 0 saturated carbocycles. The lowest BCUT2D eigenvalue weighted by atomic mass is 10.1. The van der Waals surface area contributed by atoms with Crippen LogP contribution >= 0.6 is 12.2 Å². The van der Waals surface area contributed by atoms with Crippen molar-refractivity contribution in [3.63, 3.8) is 0 Å². The second-order valence-corrected chi connectivity index (χ2v) is 7.59. The molecule has 1 fully saturated rings. The molecule has 4 rings (SSSR count). The fourth-order valence-electron chi connectivity index (χ4n) is 3.45. The van der Waals surface area contributed by atoms with Crippen molar-refractivity contribution in [1.82, 2.24) is 5.32 Å². The lowest BCUT2D eigenvalue weighted by Crippen LogP contribution is -2.30. The fourth-order valence-corrected chi connectivity index (χ4v) is 3.74. The summed E-state index contributed by atoms with van der Waals surface area (Å²) in [7, 11) is 1.56. The lowest BCUT2D eigenvalue weighted by molar-refractivity contribution is -0.113. The highest BCUT2D eigenvalue weighted by molar-refractivity contribution is 7.80. The van der Waals surface area contributed by atoms with E-state index < -0.39 is 5.82 Å². The summed E-state index contributed by atoms with van der Waals surface area (Å²) in [5, 5.41) is 3.32. The Kier molecular flexibility index (Phi) is 6.18. The number of para-hydroxylation sites is 2. The molecule has 0 radical (unpaired) electrons. The van der Waals surface area contributed by atoms with E-state index in [1.165, 1.54) is 11.0 Å². The van der Waals surface area contributed by atoms with E-state index in [4.69, 9.17) is 21.7 Å². The quantitative estimate of drug-likeness (QED) is 0.426. The summed E-state index contributed by atoms with van der Waals surface area (Å²) < 4.78 is 24.9. The number of carbonyl (C=O) groups excluding carboxylic acids is 1. The number of benzene rings is 3. The normalized spacial score (nSPS) is 14.6. The number of nitrogens with zero attached hydrogens (tertiary/aromatic N) is 1. The van der Waals surface area contributed by atoms with Crippen LogP contribution in [0.1, 0.15) is 16.7 Å². The Balaban J connectivity index is 1.59. The van der Waals surface area contributed by atoms with Gasteiger partial charge in [-0.15, -0.1) is 0 Å². The van der Waals surface area contributed by atoms with Gasteiger partial charge in [0.05, 0.1) is 12.8 Å². The van der Waals surface area contributed by atoms with Crippen molar-refractivity contribution >= 4 is 35.0 Å². The van der Waals surface area contributed by atoms with Gasteiger partial charge in [0, 0.05) is 5.56 Å². The SMILES string of the molecule is COc1ccc(/C=C2/NC(=S)N(c3ccccc3C)C2=O)cc1COc1ccccc1F. The average Bonchev–Trinajstić information content (AvgIpc) is 3.06. The third-order valence-electron chi connectivity index (χ3n) is 5.07. The van der Waals surface area contributed by atoms with Gasteiger partial charge in [-0.25, -0.2) is 4.39 Å². The highest BCUT2D eigenvalue weighted by Gasteiger charge is 2.32. The van der Waals surface area contributed by atoms with E-state index in [1.807, 2.05) is 43.3 Å². The van der Waals surface area contributed by atoms with Crippen LogP contribution in [0.15, 0.2) is 72.4 Å². The monoisotopic (exact) mass is 448 g/mol. The Labute approximate surface area is 191 Å². The zero-order valence-corrected chi connectivity index (χ0v) is 18.4. The summed E-state index contributed by atoms with van der Waals surface area (Å²) in [6, 6.07) is 19.2. The molecule has 162 valence electrons. The molecule has 0 spiro atoms. The van der Waals surface area contributed by atoms with Crippen LogP contribution in [0, 0.1) is 12.7 Å². The number of carbonyl (C=O) groups is 1. The van der Waals surface area contributed by atoms with Crippen LogP contribution in [0.3, 0.4) is 0 Å². The van der Waals surface area contributed by atoms with Gasteiger partial charge in [0.1, 0.15) is 18.1 Å². The number of rotatable bonds is 6. The number of hydrogen-bond donors (Lipinski definition) is 1. The smallest absolute Gasteiger partial charge is 0.281 e. The van der Waals surface area contributed by atoms with Crippen molar-refractivity contribution in [1.29, 1.82) is 0 Å². The van der Waals surface area contributed by atoms with Crippen molar-refractivity contribution in [2.24, 2.45) is 0 Å². The van der Waals surface area contributed by atoms with Crippen LogP contribution in [0.4, 0.5) is 10.1 Å². The van der Waals surface area contributed by atoms with E-state index in [1.54, 1.807) is 37.5 Å². The molecular formula is C25H21FN2O3S. The first-order valence-corrected chi connectivity index (χ1v) is 10.4. The van der Waals surface area contributed by atoms with Gasteiger partial charge in [0.15, 0.2) is 16.7 Å². The Hall–Kier alpha value is -3.71. The Morgan fingerprint density at radius 3 is 2.56 bits per heavy atom. The van der Waals surface area contributed by atoms with Crippen LogP contribution in [-0.4, -0.2) is 18.1 Å². The molecule has 1 aliphatic heterocycles. The largest absolute Gasteiger partial charge is 0.496 e. The van der Waals surface area contributed by atoms with Gasteiger partial charge in [-0.1, -0.05) is 36.4 Å². The van der Waals surface area contributed by atoms with Crippen molar-refractivity contribution in [2.75, 3.05) is 12.0 Å². The molecule has 0 unspecified atom stereocenters. The Morgan fingerprint density at radius 1 is 1.06 bits per heavy atom. The first-order chi connectivity index (χ1) is 15.5. The summed E-state index contributed by atoms with van der Waals surface area (Å²) in [5.41, 5.74) is 3.52. The van der Waals surface area contributed by atoms with Crippen molar-refractivity contribution in [3.05, 3.63) is 94.9 Å². The van der Waals surface area contributed by atoms with Crippen molar-refractivity contribution < 1.29 is 18.7 Å². The van der Waals surface area contributed by atoms with Crippen molar-refractivity contribution in [3.8, 4) is 11.5 Å².